The van der Waals surface area contributed by atoms with E-state index in [0.29, 0.717) is 28.7 Å². The number of nitrogens with one attached hydrogen (secondary N) is 1. The molecule has 0 aliphatic rings. The van der Waals surface area contributed by atoms with Gasteiger partial charge in [0.2, 0.25) is 11.7 Å². The number of carboxylic acids is 1. The smallest absolute Gasteiger partial charge is 0.303 e. The first-order chi connectivity index (χ1) is 15.9. The molecule has 0 atom stereocenters. The maximum absolute atomic E-state index is 12.2. The summed E-state index contributed by atoms with van der Waals surface area (Å²) in [5.41, 5.74) is 2.89. The van der Waals surface area contributed by atoms with E-state index in [0.717, 1.165) is 21.6 Å². The summed E-state index contributed by atoms with van der Waals surface area (Å²) in [7, 11) is 6.14. The van der Waals surface area contributed by atoms with Crippen molar-refractivity contribution in [2.75, 3.05) is 33.8 Å². The first kappa shape index (κ1) is 23.9. The number of methoxy groups -OCH3 is 4. The molecule has 0 unspecified atom stereocenters. The van der Waals surface area contributed by atoms with Crippen molar-refractivity contribution in [3.8, 4) is 44.6 Å². The monoisotopic (exact) mass is 472 g/mol. The Hall–Kier alpha value is -3.79. The molecule has 1 heterocycles. The number of rotatable bonds is 10. The minimum atomic E-state index is -1.04. The van der Waals surface area contributed by atoms with Gasteiger partial charge in [-0.05, 0) is 41.4 Å². The molecule has 0 radical (unpaired) electrons. The molecule has 3 rings (SSSR count). The van der Waals surface area contributed by atoms with Crippen LogP contribution in [0.15, 0.2) is 36.5 Å². The predicted molar refractivity (Wildman–Crippen MR) is 125 cm³/mol. The van der Waals surface area contributed by atoms with Crippen LogP contribution in [0.5, 0.6) is 23.0 Å². The van der Waals surface area contributed by atoms with Crippen molar-refractivity contribution in [3.63, 3.8) is 0 Å². The second-order valence-corrected chi connectivity index (χ2v) is 7.64. The molecule has 2 N–H and O–H groups in total. The van der Waals surface area contributed by atoms with Crippen LogP contribution in [0.3, 0.4) is 0 Å². The SMILES string of the molecule is COc1ccc(-c2cnsc2-c2cc(OC)c(OC)c(OC)c2)cc1NC(=O)CCC(=O)O. The minimum absolute atomic E-state index is 0.139. The van der Waals surface area contributed by atoms with Crippen molar-refractivity contribution in [1.29, 1.82) is 0 Å². The lowest BCUT2D eigenvalue weighted by molar-refractivity contribution is -0.138. The van der Waals surface area contributed by atoms with E-state index in [1.165, 1.54) is 18.6 Å². The van der Waals surface area contributed by atoms with Crippen LogP contribution in [0, 0.1) is 0 Å². The molecule has 9 nitrogen and oxygen atoms in total. The van der Waals surface area contributed by atoms with E-state index in [2.05, 4.69) is 9.69 Å². The maximum Gasteiger partial charge on any atom is 0.303 e. The van der Waals surface area contributed by atoms with Gasteiger partial charge in [-0.2, -0.15) is 4.37 Å². The van der Waals surface area contributed by atoms with Crippen molar-refractivity contribution < 1.29 is 33.6 Å². The largest absolute Gasteiger partial charge is 0.495 e. The molecule has 0 aliphatic carbocycles. The van der Waals surface area contributed by atoms with Gasteiger partial charge < -0.3 is 29.4 Å². The first-order valence-corrected chi connectivity index (χ1v) is 10.6. The summed E-state index contributed by atoms with van der Waals surface area (Å²) in [6.07, 6.45) is 1.34. The Bertz CT molecular complexity index is 1130. The van der Waals surface area contributed by atoms with Crippen LogP contribution in [0.4, 0.5) is 5.69 Å². The van der Waals surface area contributed by atoms with E-state index in [4.69, 9.17) is 24.1 Å². The van der Waals surface area contributed by atoms with Gasteiger partial charge in [-0.1, -0.05) is 6.07 Å². The number of amides is 1. The van der Waals surface area contributed by atoms with Crippen LogP contribution in [0.25, 0.3) is 21.6 Å². The third kappa shape index (κ3) is 5.35. The van der Waals surface area contributed by atoms with Gasteiger partial charge in [-0.25, -0.2) is 0 Å². The van der Waals surface area contributed by atoms with E-state index in [1.807, 2.05) is 18.2 Å². The Morgan fingerprint density at radius 2 is 1.58 bits per heavy atom. The number of hydrogen-bond acceptors (Lipinski definition) is 8. The Morgan fingerprint density at radius 3 is 2.15 bits per heavy atom. The Morgan fingerprint density at radius 1 is 0.909 bits per heavy atom. The zero-order valence-electron chi connectivity index (χ0n) is 18.6. The number of carbonyl (C=O) groups is 2. The number of aromatic nitrogens is 1. The van der Waals surface area contributed by atoms with Gasteiger partial charge in [-0.3, -0.25) is 9.59 Å². The number of anilines is 1. The summed E-state index contributed by atoms with van der Waals surface area (Å²) >= 11 is 1.30. The molecular formula is C23H24N2O7S. The fourth-order valence-electron chi connectivity index (χ4n) is 3.27. The van der Waals surface area contributed by atoms with Crippen LogP contribution in [-0.4, -0.2) is 49.8 Å². The minimum Gasteiger partial charge on any atom is -0.495 e. The van der Waals surface area contributed by atoms with Gasteiger partial charge in [0.25, 0.3) is 0 Å². The third-order valence-corrected chi connectivity index (χ3v) is 5.70. The molecule has 10 heteroatoms. The molecule has 0 bridgehead atoms. The van der Waals surface area contributed by atoms with Gasteiger partial charge in [-0.15, -0.1) is 0 Å². The summed E-state index contributed by atoms with van der Waals surface area (Å²) in [4.78, 5) is 23.8. The van der Waals surface area contributed by atoms with Crippen molar-refractivity contribution in [2.45, 2.75) is 12.8 Å². The van der Waals surface area contributed by atoms with Crippen LogP contribution < -0.4 is 24.3 Å². The fraction of sp³-hybridized carbons (Fsp3) is 0.261. The highest BCUT2D eigenvalue weighted by molar-refractivity contribution is 7.10. The highest BCUT2D eigenvalue weighted by atomic mass is 32.1. The van der Waals surface area contributed by atoms with Gasteiger partial charge in [0.05, 0.1) is 45.4 Å². The second-order valence-electron chi connectivity index (χ2n) is 6.84. The molecule has 0 saturated carbocycles. The standard InChI is InChI=1S/C23H24N2O7S/c1-29-17-6-5-13(9-16(17)25-20(26)7-8-21(27)28)15-12-24-33-23(15)14-10-18(30-2)22(32-4)19(11-14)31-3/h5-6,9-12H,7-8H2,1-4H3,(H,25,26)(H,27,28). The molecule has 0 fully saturated rings. The van der Waals surface area contributed by atoms with Gasteiger partial charge >= 0.3 is 5.97 Å². The summed E-state index contributed by atoms with van der Waals surface area (Å²) < 4.78 is 26.1. The zero-order valence-corrected chi connectivity index (χ0v) is 19.4. The second kappa shape index (κ2) is 10.7. The van der Waals surface area contributed by atoms with E-state index >= 15 is 0 Å². The fourth-order valence-corrected chi connectivity index (χ4v) is 4.03. The van der Waals surface area contributed by atoms with E-state index in [9.17, 15) is 9.59 Å². The molecule has 1 amide bonds. The highest BCUT2D eigenvalue weighted by Gasteiger charge is 2.19. The van der Waals surface area contributed by atoms with Crippen LogP contribution in [0.2, 0.25) is 0 Å². The van der Waals surface area contributed by atoms with Crippen LogP contribution >= 0.6 is 11.5 Å². The van der Waals surface area contributed by atoms with Gasteiger partial charge in [0.1, 0.15) is 5.75 Å². The summed E-state index contributed by atoms with van der Waals surface area (Å²) in [6, 6.07) is 9.05. The number of carbonyl (C=O) groups excluding carboxylic acids is 1. The van der Waals surface area contributed by atoms with Crippen LogP contribution in [0.1, 0.15) is 12.8 Å². The van der Waals surface area contributed by atoms with Crippen molar-refractivity contribution in [3.05, 3.63) is 36.5 Å². The molecule has 2 aromatic carbocycles. The average molecular weight is 473 g/mol. The summed E-state index contributed by atoms with van der Waals surface area (Å²) in [5.74, 6) is 0.538. The van der Waals surface area contributed by atoms with Crippen molar-refractivity contribution in [2.24, 2.45) is 0 Å². The first-order valence-electron chi connectivity index (χ1n) is 9.86. The molecule has 33 heavy (non-hydrogen) atoms. The average Bonchev–Trinajstić information content (AvgIpc) is 3.31. The Kier molecular flexibility index (Phi) is 7.73. The Balaban J connectivity index is 2.01. The molecule has 1 aromatic heterocycles. The molecule has 3 aromatic rings. The third-order valence-electron chi connectivity index (χ3n) is 4.85. The number of carboxylic acid groups (broad SMARTS) is 1. The van der Waals surface area contributed by atoms with E-state index in [-0.39, 0.29) is 12.8 Å². The molecule has 0 spiro atoms. The van der Waals surface area contributed by atoms with Crippen molar-refractivity contribution >= 4 is 29.1 Å². The molecular weight excluding hydrogens is 448 g/mol. The van der Waals surface area contributed by atoms with Gasteiger partial charge in [0, 0.05) is 23.7 Å². The van der Waals surface area contributed by atoms with Crippen LogP contribution in [-0.2, 0) is 9.59 Å². The lowest BCUT2D eigenvalue weighted by atomic mass is 10.0. The quantitative estimate of drug-likeness (QED) is 0.448. The van der Waals surface area contributed by atoms with Crippen molar-refractivity contribution in [1.82, 2.24) is 4.37 Å². The Labute approximate surface area is 195 Å². The number of nitrogens with zero attached hydrogens (tertiary/aromatic N) is 1. The zero-order chi connectivity index (χ0) is 24.0. The summed E-state index contributed by atoms with van der Waals surface area (Å²) in [6.45, 7) is 0. The molecule has 0 saturated heterocycles. The predicted octanol–water partition coefficient (Wildman–Crippen LogP) is 4.31. The number of ether oxygens (including phenoxy) is 4. The highest BCUT2D eigenvalue weighted by Crippen LogP contribution is 2.45. The normalized spacial score (nSPS) is 10.4. The molecule has 174 valence electrons. The number of hydrogen-bond donors (Lipinski definition) is 2. The lowest BCUT2D eigenvalue weighted by Crippen LogP contribution is -2.13. The lowest BCUT2D eigenvalue weighted by Gasteiger charge is -2.15. The van der Waals surface area contributed by atoms with E-state index in [1.54, 1.807) is 39.7 Å². The number of aliphatic carboxylic acids is 1. The maximum atomic E-state index is 12.2. The van der Waals surface area contributed by atoms with E-state index < -0.39 is 11.9 Å². The molecule has 0 aliphatic heterocycles. The summed E-state index contributed by atoms with van der Waals surface area (Å²) in [5, 5.41) is 11.5. The number of benzene rings is 2. The van der Waals surface area contributed by atoms with Gasteiger partial charge in [0.15, 0.2) is 11.5 Å². The topological polar surface area (TPSA) is 116 Å².